The Hall–Kier alpha value is -1.39. The molecule has 3 nitrogen and oxygen atoms in total. The second-order valence-corrected chi connectivity index (χ2v) is 5.92. The van der Waals surface area contributed by atoms with E-state index in [4.69, 9.17) is 55.6 Å². The van der Waals surface area contributed by atoms with Gasteiger partial charge in [-0.15, -0.1) is 0 Å². The van der Waals surface area contributed by atoms with Gasteiger partial charge in [0.05, 0.1) is 31.5 Å². The number of fused-ring (bicyclic) bond motifs is 1. The second-order valence-electron chi connectivity index (χ2n) is 4.32. The zero-order valence-electron chi connectivity index (χ0n) is 10.7. The monoisotopic (exact) mass is 374 g/mol. The first-order valence-electron chi connectivity index (χ1n) is 6.01. The summed E-state index contributed by atoms with van der Waals surface area (Å²) in [6, 6.07) is 9.13. The fourth-order valence-electron chi connectivity index (χ4n) is 1.94. The van der Waals surface area contributed by atoms with E-state index in [0.717, 1.165) is 6.07 Å². The normalized spacial score (nSPS) is 10.9. The molecule has 3 aromatic rings. The summed E-state index contributed by atoms with van der Waals surface area (Å²) in [6.45, 7) is 0. The van der Waals surface area contributed by atoms with Crippen molar-refractivity contribution in [2.75, 3.05) is 0 Å². The summed E-state index contributed by atoms with van der Waals surface area (Å²) in [6.07, 6.45) is 0. The van der Waals surface area contributed by atoms with E-state index >= 15 is 0 Å². The van der Waals surface area contributed by atoms with Crippen molar-refractivity contribution in [3.63, 3.8) is 0 Å². The summed E-state index contributed by atoms with van der Waals surface area (Å²) in [7, 11) is 0. The van der Waals surface area contributed by atoms with Gasteiger partial charge in [-0.1, -0.05) is 52.5 Å². The molecule has 1 aromatic heterocycles. The average Bonchev–Trinajstić information content (AvgIpc) is 2.46. The van der Waals surface area contributed by atoms with Gasteiger partial charge in [0, 0.05) is 0 Å². The van der Waals surface area contributed by atoms with Crippen LogP contribution >= 0.6 is 46.4 Å². The van der Waals surface area contributed by atoms with Gasteiger partial charge in [-0.25, -0.2) is 4.79 Å². The molecular weight excluding hydrogens is 370 g/mol. The molecule has 2 aromatic carbocycles. The smallest absolute Gasteiger partial charge is 0.339 e. The number of benzene rings is 2. The Labute approximate surface area is 144 Å². The molecule has 0 bridgehead atoms. The van der Waals surface area contributed by atoms with Crippen molar-refractivity contribution < 1.29 is 9.15 Å². The quantitative estimate of drug-likeness (QED) is 0.500. The first-order valence-corrected chi connectivity index (χ1v) is 7.52. The van der Waals surface area contributed by atoms with E-state index in [-0.39, 0.29) is 22.1 Å². The first kappa shape index (κ1) is 15.5. The number of hydrogen-bond donors (Lipinski definition) is 0. The molecule has 0 atom stereocenters. The molecule has 0 spiro atoms. The lowest BCUT2D eigenvalue weighted by atomic mass is 10.2. The van der Waals surface area contributed by atoms with E-state index in [1.165, 1.54) is 12.1 Å². The summed E-state index contributed by atoms with van der Waals surface area (Å²) in [5.41, 5.74) is -0.343. The summed E-state index contributed by atoms with van der Waals surface area (Å²) >= 11 is 24.3. The average molecular weight is 376 g/mol. The number of rotatable bonds is 2. The van der Waals surface area contributed by atoms with Crippen molar-refractivity contribution in [1.29, 1.82) is 0 Å². The van der Waals surface area contributed by atoms with Gasteiger partial charge >= 0.3 is 5.63 Å². The van der Waals surface area contributed by atoms with Crippen LogP contribution in [-0.4, -0.2) is 0 Å². The largest absolute Gasteiger partial charge is 0.453 e. The minimum Gasteiger partial charge on any atom is -0.453 e. The molecule has 0 unspecified atom stereocenters. The molecule has 1 heterocycles. The van der Waals surface area contributed by atoms with Crippen molar-refractivity contribution in [2.24, 2.45) is 0 Å². The van der Waals surface area contributed by atoms with Gasteiger partial charge in [0.1, 0.15) is 11.3 Å². The fourth-order valence-corrected chi connectivity index (χ4v) is 2.82. The molecule has 0 saturated heterocycles. The maximum Gasteiger partial charge on any atom is 0.339 e. The van der Waals surface area contributed by atoms with Gasteiger partial charge in [-0.2, -0.15) is 0 Å². The molecule has 0 aliphatic rings. The highest BCUT2D eigenvalue weighted by atomic mass is 35.5. The molecule has 22 heavy (non-hydrogen) atoms. The third-order valence-corrected chi connectivity index (χ3v) is 4.29. The highest BCUT2D eigenvalue weighted by molar-refractivity contribution is 6.45. The summed E-state index contributed by atoms with van der Waals surface area (Å²) in [5.74, 6) is 0.377. The second kappa shape index (κ2) is 6.01. The van der Waals surface area contributed by atoms with Crippen LogP contribution in [0.2, 0.25) is 20.1 Å². The predicted octanol–water partition coefficient (Wildman–Crippen LogP) is 6.20. The minimum absolute atomic E-state index is 0.161. The molecule has 112 valence electrons. The van der Waals surface area contributed by atoms with E-state index in [0.29, 0.717) is 20.5 Å². The summed E-state index contributed by atoms with van der Waals surface area (Å²) in [4.78, 5) is 11.7. The summed E-state index contributed by atoms with van der Waals surface area (Å²) < 4.78 is 10.8. The maximum absolute atomic E-state index is 11.7. The Morgan fingerprint density at radius 2 is 1.59 bits per heavy atom. The standard InChI is InChI=1S/C15H6Cl4O3/c16-7-4-5-10-13(14(7)19)11(6-12(20)21-10)22-15-8(17)2-1-3-9(15)18/h1-6H. The van der Waals surface area contributed by atoms with Crippen LogP contribution in [0.1, 0.15) is 0 Å². The van der Waals surface area contributed by atoms with Gasteiger partial charge in [0.15, 0.2) is 5.75 Å². The fraction of sp³-hybridized carbons (Fsp3) is 0. The predicted molar refractivity (Wildman–Crippen MR) is 89.0 cm³/mol. The van der Waals surface area contributed by atoms with Gasteiger partial charge in [0.25, 0.3) is 0 Å². The Morgan fingerprint density at radius 3 is 2.27 bits per heavy atom. The summed E-state index contributed by atoms with van der Waals surface area (Å²) in [5, 5.41) is 1.48. The van der Waals surface area contributed by atoms with E-state index in [9.17, 15) is 4.79 Å². The molecule has 0 amide bonds. The Bertz CT molecular complexity index is 914. The Morgan fingerprint density at radius 1 is 0.909 bits per heavy atom. The zero-order chi connectivity index (χ0) is 15.9. The molecule has 3 rings (SSSR count). The van der Waals surface area contributed by atoms with Crippen LogP contribution in [-0.2, 0) is 0 Å². The van der Waals surface area contributed by atoms with Crippen LogP contribution in [0.3, 0.4) is 0 Å². The van der Waals surface area contributed by atoms with Gasteiger partial charge in [-0.05, 0) is 24.3 Å². The minimum atomic E-state index is -0.593. The molecule has 0 N–H and O–H groups in total. The van der Waals surface area contributed by atoms with Crippen LogP contribution in [0.5, 0.6) is 11.5 Å². The van der Waals surface area contributed by atoms with Gasteiger partial charge < -0.3 is 9.15 Å². The van der Waals surface area contributed by atoms with Crippen molar-refractivity contribution in [3.05, 3.63) is 66.9 Å². The van der Waals surface area contributed by atoms with Gasteiger partial charge in [0.2, 0.25) is 0 Å². The molecule has 0 saturated carbocycles. The first-order chi connectivity index (χ1) is 10.5. The Balaban J connectivity index is 2.27. The number of halogens is 4. The van der Waals surface area contributed by atoms with Crippen LogP contribution < -0.4 is 10.4 Å². The highest BCUT2D eigenvalue weighted by Crippen LogP contribution is 2.41. The molecular formula is C15H6Cl4O3. The topological polar surface area (TPSA) is 39.4 Å². The maximum atomic E-state index is 11.7. The third kappa shape index (κ3) is 2.77. The molecule has 0 aliphatic heterocycles. The molecule has 0 radical (unpaired) electrons. The van der Waals surface area contributed by atoms with Crippen molar-refractivity contribution >= 4 is 57.4 Å². The van der Waals surface area contributed by atoms with Crippen molar-refractivity contribution in [1.82, 2.24) is 0 Å². The van der Waals surface area contributed by atoms with Crippen LogP contribution in [0.4, 0.5) is 0 Å². The van der Waals surface area contributed by atoms with Crippen LogP contribution in [0.25, 0.3) is 11.0 Å². The van der Waals surface area contributed by atoms with Crippen molar-refractivity contribution in [2.45, 2.75) is 0 Å². The number of para-hydroxylation sites is 1. The SMILES string of the molecule is O=c1cc(Oc2c(Cl)cccc2Cl)c2c(Cl)c(Cl)ccc2o1. The third-order valence-electron chi connectivity index (χ3n) is 2.89. The van der Waals surface area contributed by atoms with E-state index < -0.39 is 5.63 Å². The van der Waals surface area contributed by atoms with E-state index in [2.05, 4.69) is 0 Å². The van der Waals surface area contributed by atoms with Gasteiger partial charge in [-0.3, -0.25) is 0 Å². The van der Waals surface area contributed by atoms with E-state index in [1.807, 2.05) is 0 Å². The van der Waals surface area contributed by atoms with Crippen LogP contribution in [0.15, 0.2) is 45.6 Å². The molecule has 0 fully saturated rings. The zero-order valence-corrected chi connectivity index (χ0v) is 13.7. The van der Waals surface area contributed by atoms with E-state index in [1.54, 1.807) is 18.2 Å². The van der Waals surface area contributed by atoms with Crippen LogP contribution in [0, 0.1) is 0 Å². The number of ether oxygens (including phenoxy) is 1. The Kier molecular flexibility index (Phi) is 4.24. The number of hydrogen-bond acceptors (Lipinski definition) is 3. The molecule has 0 aliphatic carbocycles. The highest BCUT2D eigenvalue weighted by Gasteiger charge is 2.16. The molecule has 7 heteroatoms. The lowest BCUT2D eigenvalue weighted by Gasteiger charge is -2.12. The lowest BCUT2D eigenvalue weighted by molar-refractivity contribution is 0.475. The lowest BCUT2D eigenvalue weighted by Crippen LogP contribution is -1.99. The van der Waals surface area contributed by atoms with Crippen molar-refractivity contribution in [3.8, 4) is 11.5 Å².